The highest BCUT2D eigenvalue weighted by atomic mass is 28.4. The maximum atomic E-state index is 14.6. The summed E-state index contributed by atoms with van der Waals surface area (Å²) in [5, 5.41) is -0.219. The van der Waals surface area contributed by atoms with Crippen molar-refractivity contribution in [2.24, 2.45) is 5.92 Å². The van der Waals surface area contributed by atoms with Gasteiger partial charge in [-0.1, -0.05) is 64.1 Å². The van der Waals surface area contributed by atoms with Crippen LogP contribution in [0.5, 0.6) is 11.5 Å². The van der Waals surface area contributed by atoms with Gasteiger partial charge in [-0.15, -0.1) is 0 Å². The number of ether oxygens (including phenoxy) is 8. The van der Waals surface area contributed by atoms with E-state index in [9.17, 15) is 9.59 Å². The summed E-state index contributed by atoms with van der Waals surface area (Å²) in [6.07, 6.45) is 5.36. The van der Waals surface area contributed by atoms with E-state index in [-0.39, 0.29) is 29.7 Å². The summed E-state index contributed by atoms with van der Waals surface area (Å²) in [6.45, 7) is 28.2. The highest BCUT2D eigenvalue weighted by Crippen LogP contribution is 2.42. The fraction of sp³-hybridized carbons (Fsp3) is 0.617. The maximum absolute atomic E-state index is 14.6. The number of fused-ring (bicyclic) bond motifs is 2. The molecule has 2 aromatic rings. The first-order valence-corrected chi connectivity index (χ1v) is 24.0. The van der Waals surface area contributed by atoms with E-state index in [0.29, 0.717) is 30.0 Å². The smallest absolute Gasteiger partial charge is 0.414 e. The first-order chi connectivity index (χ1) is 27.8. The number of hydrogen-bond acceptors (Lipinski definition) is 11. The molecule has 0 saturated carbocycles. The second-order valence-corrected chi connectivity index (χ2v) is 24.3. The molecule has 6 atom stereocenters. The summed E-state index contributed by atoms with van der Waals surface area (Å²) < 4.78 is 56.4. The van der Waals surface area contributed by atoms with Crippen LogP contribution in [0, 0.1) is 5.92 Å². The Kier molecular flexibility index (Phi) is 14.5. The Morgan fingerprint density at radius 1 is 0.933 bits per heavy atom. The summed E-state index contributed by atoms with van der Waals surface area (Å²) in [7, 11) is -0.947. The molecular formula is C47H69NO11Si. The topological polar surface area (TPSA) is 120 Å². The van der Waals surface area contributed by atoms with E-state index in [1.165, 1.54) is 4.90 Å². The van der Waals surface area contributed by atoms with E-state index in [2.05, 4.69) is 33.9 Å². The van der Waals surface area contributed by atoms with Crippen molar-refractivity contribution < 1.29 is 51.9 Å². The number of anilines is 1. The summed E-state index contributed by atoms with van der Waals surface area (Å²) in [4.78, 5) is 30.3. The van der Waals surface area contributed by atoms with Crippen LogP contribution >= 0.6 is 0 Å². The third kappa shape index (κ3) is 12.2. The summed E-state index contributed by atoms with van der Waals surface area (Å²) in [5.41, 5.74) is 1.45. The number of carbonyl (C=O) groups excluding carboxylic acids is 2. The fourth-order valence-electron chi connectivity index (χ4n) is 6.90. The van der Waals surface area contributed by atoms with Crippen LogP contribution in [0.2, 0.25) is 18.1 Å². The number of cyclic esters (lactones) is 1. The first kappa shape index (κ1) is 47.3. The van der Waals surface area contributed by atoms with Crippen LogP contribution in [0.3, 0.4) is 0 Å². The Labute approximate surface area is 358 Å². The van der Waals surface area contributed by atoms with Gasteiger partial charge >= 0.3 is 12.1 Å². The number of amides is 1. The molecule has 2 fully saturated rings. The fourth-order valence-corrected chi connectivity index (χ4v) is 7.92. The molecule has 1 amide bonds. The van der Waals surface area contributed by atoms with Gasteiger partial charge in [0.05, 0.1) is 38.7 Å². The molecule has 0 aromatic heterocycles. The van der Waals surface area contributed by atoms with E-state index in [4.69, 9.17) is 42.3 Å². The molecule has 0 radical (unpaired) electrons. The Bertz CT molecular complexity index is 1870. The third-order valence-electron chi connectivity index (χ3n) is 11.3. The Morgan fingerprint density at radius 2 is 1.62 bits per heavy atom. The van der Waals surface area contributed by atoms with Gasteiger partial charge in [0.15, 0.2) is 11.6 Å². The molecule has 5 rings (SSSR count). The van der Waals surface area contributed by atoms with Crippen molar-refractivity contribution in [1.82, 2.24) is 0 Å². The van der Waals surface area contributed by atoms with Gasteiger partial charge < -0.3 is 42.3 Å². The van der Waals surface area contributed by atoms with E-state index in [0.717, 1.165) is 11.3 Å². The number of methoxy groups -OCH3 is 1. The van der Waals surface area contributed by atoms with Crippen molar-refractivity contribution in [2.75, 3.05) is 25.2 Å². The largest absolute Gasteiger partial charge is 0.543 e. The van der Waals surface area contributed by atoms with Gasteiger partial charge in [-0.2, -0.15) is 0 Å². The normalized spacial score (nSPS) is 26.8. The Balaban J connectivity index is 1.63. The summed E-state index contributed by atoms with van der Waals surface area (Å²) in [6, 6.07) is 11.3. The van der Waals surface area contributed by atoms with E-state index in [1.54, 1.807) is 13.2 Å². The number of carbonyl (C=O) groups is 2. The lowest BCUT2D eigenvalue weighted by molar-refractivity contribution is -0.156. The second-order valence-electron chi connectivity index (χ2n) is 19.6. The average molecular weight is 852 g/mol. The highest BCUT2D eigenvalue weighted by Gasteiger charge is 2.45. The molecule has 3 aliphatic heterocycles. The maximum Gasteiger partial charge on any atom is 0.414 e. The molecule has 0 N–H and O–H groups in total. The number of hydrogen-bond donors (Lipinski definition) is 0. The van der Waals surface area contributed by atoms with Gasteiger partial charge in [0, 0.05) is 12.0 Å². The lowest BCUT2D eigenvalue weighted by Crippen LogP contribution is -2.44. The number of rotatable bonds is 9. The lowest BCUT2D eigenvalue weighted by Gasteiger charge is -2.37. The zero-order valence-corrected chi connectivity index (χ0v) is 39.5. The third-order valence-corrected chi connectivity index (χ3v) is 15.7. The lowest BCUT2D eigenvalue weighted by atomic mass is 9.98. The Morgan fingerprint density at radius 3 is 2.22 bits per heavy atom. The number of esters is 1. The van der Waals surface area contributed by atoms with Crippen molar-refractivity contribution in [2.45, 2.75) is 162 Å². The van der Waals surface area contributed by atoms with Gasteiger partial charge in [0.2, 0.25) is 0 Å². The van der Waals surface area contributed by atoms with Crippen molar-refractivity contribution in [1.29, 1.82) is 0 Å². The molecule has 60 heavy (non-hydrogen) atoms. The van der Waals surface area contributed by atoms with Crippen molar-refractivity contribution in [3.05, 3.63) is 71.3 Å². The van der Waals surface area contributed by atoms with E-state index in [1.807, 2.05) is 117 Å². The van der Waals surface area contributed by atoms with Gasteiger partial charge in [-0.05, 0) is 109 Å². The van der Waals surface area contributed by atoms with Crippen molar-refractivity contribution in [3.8, 4) is 11.5 Å². The molecule has 2 aromatic carbocycles. The van der Waals surface area contributed by atoms with Crippen LogP contribution < -0.4 is 14.1 Å². The van der Waals surface area contributed by atoms with Crippen LogP contribution in [0.4, 0.5) is 10.5 Å². The highest BCUT2D eigenvalue weighted by molar-refractivity contribution is 6.74. The molecule has 332 valence electrons. The van der Waals surface area contributed by atoms with Crippen LogP contribution in [0.15, 0.2) is 54.6 Å². The van der Waals surface area contributed by atoms with Gasteiger partial charge in [-0.25, -0.2) is 9.59 Å². The quantitative estimate of drug-likeness (QED) is 0.136. The monoisotopic (exact) mass is 851 g/mol. The Hall–Kier alpha value is -3.72. The summed E-state index contributed by atoms with van der Waals surface area (Å²) >= 11 is 0. The summed E-state index contributed by atoms with van der Waals surface area (Å²) in [5.74, 6) is -1.34. The van der Waals surface area contributed by atoms with Crippen LogP contribution in [-0.2, 0) is 39.8 Å². The molecule has 1 unspecified atom stereocenters. The zero-order valence-electron chi connectivity index (χ0n) is 38.5. The predicted molar refractivity (Wildman–Crippen MR) is 235 cm³/mol. The number of benzene rings is 2. The molecule has 3 aliphatic rings. The van der Waals surface area contributed by atoms with Crippen LogP contribution in [0.1, 0.15) is 111 Å². The predicted octanol–water partition coefficient (Wildman–Crippen LogP) is 10.2. The van der Waals surface area contributed by atoms with E-state index >= 15 is 0 Å². The molecule has 0 aliphatic carbocycles. The standard InChI is InChI=1S/C47H69NO11Si/c1-30-19-24-37(52-28-32-20-22-35(51-13)23-21-32)41-38(56-47(11,12)57-41)18-16-17-33-25-34(48(43(50)58-44(3,4)5)27-36-29-53-46(9,10)55-36)26-39(40(33)42(49)54-31(30)2)59-60(14,15)45(6,7)8/h16-17,19-26,30-31,36-38,41H,18,27-29H2,1-15H3/b17-16+,24-19-/t30-,31+,36?,37-,38+,41-/m1/s1. The van der Waals surface area contributed by atoms with Gasteiger partial charge in [-0.3, -0.25) is 4.90 Å². The minimum atomic E-state index is -2.59. The number of nitrogens with zero attached hydrogens (tertiary/aromatic N) is 1. The van der Waals surface area contributed by atoms with Crippen molar-refractivity contribution >= 4 is 32.1 Å². The molecule has 3 heterocycles. The molecule has 13 heteroatoms. The van der Waals surface area contributed by atoms with Crippen LogP contribution in [0.25, 0.3) is 6.08 Å². The molecule has 12 nitrogen and oxygen atoms in total. The molecular weight excluding hydrogens is 783 g/mol. The van der Waals surface area contributed by atoms with E-state index < -0.39 is 68.1 Å². The second kappa shape index (κ2) is 18.3. The molecule has 0 bridgehead atoms. The molecule has 2 saturated heterocycles. The average Bonchev–Trinajstić information content (AvgIpc) is 3.64. The minimum Gasteiger partial charge on any atom is -0.543 e. The minimum absolute atomic E-state index is 0.133. The molecule has 0 spiro atoms. The zero-order chi connectivity index (χ0) is 44.4. The van der Waals surface area contributed by atoms with Crippen LogP contribution in [-0.4, -0.2) is 88.3 Å². The van der Waals surface area contributed by atoms with Crippen molar-refractivity contribution in [3.63, 3.8) is 0 Å². The SMILES string of the molecule is COc1ccc(CO[C@@H]2/C=C\[C@@H](C)[C@H](C)OC(=O)c3c(cc(N(CC4COC(C)(C)O4)C(=O)OC(C)(C)C)cc3O[Si](C)(C)C(C)(C)C)/C=C/C[C@@H]3OC(C)(C)O[C@@H]32)cc1. The first-order valence-electron chi connectivity index (χ1n) is 21.1. The van der Waals surface area contributed by atoms with Gasteiger partial charge in [0.25, 0.3) is 8.32 Å². The van der Waals surface area contributed by atoms with Gasteiger partial charge in [0.1, 0.15) is 47.1 Å².